The molecule has 24 heavy (non-hydrogen) atoms. The van der Waals surface area contributed by atoms with Gasteiger partial charge in [0.25, 0.3) is 0 Å². The van der Waals surface area contributed by atoms with E-state index in [9.17, 15) is 31.9 Å². The summed E-state index contributed by atoms with van der Waals surface area (Å²) >= 11 is 0. The molecule has 4 unspecified atom stereocenters. The molecule has 2 fully saturated rings. The molecular formula is C13H18F2O8S. The van der Waals surface area contributed by atoms with Crippen LogP contribution in [-0.2, 0) is 29.2 Å². The SMILES string of the molecule is O=C(OCC(O)COC(=O)C(F)(F)S(=O)(=O)O)C1CC2CCC1C2. The fourth-order valence-electron chi connectivity index (χ4n) is 3.23. The van der Waals surface area contributed by atoms with Gasteiger partial charge in [-0.3, -0.25) is 9.35 Å². The fourth-order valence-corrected chi connectivity index (χ4v) is 3.50. The van der Waals surface area contributed by atoms with E-state index in [2.05, 4.69) is 4.74 Å². The normalized spacial score (nSPS) is 27.8. The number of rotatable bonds is 7. The Morgan fingerprint density at radius 2 is 1.79 bits per heavy atom. The van der Waals surface area contributed by atoms with Crippen molar-refractivity contribution >= 4 is 22.1 Å². The lowest BCUT2D eigenvalue weighted by Crippen LogP contribution is -2.40. The topological polar surface area (TPSA) is 127 Å². The zero-order valence-corrected chi connectivity index (χ0v) is 13.4. The van der Waals surface area contributed by atoms with E-state index in [-0.39, 0.29) is 11.8 Å². The predicted octanol–water partition coefficient (Wildman–Crippen LogP) is 0.350. The number of hydrogen-bond acceptors (Lipinski definition) is 7. The van der Waals surface area contributed by atoms with Gasteiger partial charge in [0.2, 0.25) is 0 Å². The Bertz CT molecular complexity index is 605. The van der Waals surface area contributed by atoms with Gasteiger partial charge in [0.05, 0.1) is 5.92 Å². The molecule has 0 aromatic heterocycles. The quantitative estimate of drug-likeness (QED) is 0.484. The van der Waals surface area contributed by atoms with Crippen molar-refractivity contribution in [2.75, 3.05) is 13.2 Å². The van der Waals surface area contributed by atoms with E-state index in [4.69, 9.17) is 9.29 Å². The Morgan fingerprint density at radius 1 is 1.17 bits per heavy atom. The van der Waals surface area contributed by atoms with Gasteiger partial charge < -0.3 is 14.6 Å². The lowest BCUT2D eigenvalue weighted by atomic mass is 9.89. The van der Waals surface area contributed by atoms with Crippen LogP contribution in [0.2, 0.25) is 0 Å². The highest BCUT2D eigenvalue weighted by Gasteiger charge is 2.54. The van der Waals surface area contributed by atoms with E-state index in [1.54, 1.807) is 0 Å². The van der Waals surface area contributed by atoms with Crippen LogP contribution in [0.25, 0.3) is 0 Å². The first kappa shape index (κ1) is 19.0. The number of alkyl halides is 2. The maximum Gasteiger partial charge on any atom is 0.465 e. The first-order valence-electron chi connectivity index (χ1n) is 7.39. The number of carbonyl (C=O) groups excluding carboxylic acids is 2. The molecule has 0 aliphatic heterocycles. The molecule has 0 aromatic carbocycles. The molecule has 2 saturated carbocycles. The first-order chi connectivity index (χ1) is 11.0. The molecule has 138 valence electrons. The summed E-state index contributed by atoms with van der Waals surface area (Å²) < 4.78 is 63.5. The molecule has 2 bridgehead atoms. The van der Waals surface area contributed by atoms with E-state index in [0.717, 1.165) is 25.7 Å². The van der Waals surface area contributed by atoms with Crippen LogP contribution in [0.5, 0.6) is 0 Å². The third-order valence-corrected chi connectivity index (χ3v) is 5.24. The molecule has 11 heteroatoms. The van der Waals surface area contributed by atoms with Crippen LogP contribution in [0.1, 0.15) is 25.7 Å². The molecule has 8 nitrogen and oxygen atoms in total. The van der Waals surface area contributed by atoms with Gasteiger partial charge in [-0.25, -0.2) is 4.79 Å². The summed E-state index contributed by atoms with van der Waals surface area (Å²) in [6.45, 7) is -1.58. The van der Waals surface area contributed by atoms with Crippen LogP contribution in [0.3, 0.4) is 0 Å². The van der Waals surface area contributed by atoms with Crippen molar-refractivity contribution in [3.8, 4) is 0 Å². The van der Waals surface area contributed by atoms with Gasteiger partial charge in [0, 0.05) is 0 Å². The minimum absolute atomic E-state index is 0.234. The van der Waals surface area contributed by atoms with Crippen LogP contribution in [0.4, 0.5) is 8.78 Å². The van der Waals surface area contributed by atoms with E-state index >= 15 is 0 Å². The van der Waals surface area contributed by atoms with Crippen molar-refractivity contribution in [1.82, 2.24) is 0 Å². The predicted molar refractivity (Wildman–Crippen MR) is 73.4 cm³/mol. The number of fused-ring (bicyclic) bond motifs is 2. The summed E-state index contributed by atoms with van der Waals surface area (Å²) in [5.74, 6) is -2.46. The largest absolute Gasteiger partial charge is 0.465 e. The molecule has 2 N–H and O–H groups in total. The third-order valence-electron chi connectivity index (χ3n) is 4.43. The van der Waals surface area contributed by atoms with Crippen molar-refractivity contribution in [3.63, 3.8) is 0 Å². The van der Waals surface area contributed by atoms with Gasteiger partial charge in [-0.2, -0.15) is 17.2 Å². The average molecular weight is 372 g/mol. The number of aliphatic hydroxyl groups is 1. The van der Waals surface area contributed by atoms with Gasteiger partial charge in [-0.15, -0.1) is 0 Å². The van der Waals surface area contributed by atoms with Crippen molar-refractivity contribution in [2.24, 2.45) is 17.8 Å². The molecule has 0 amide bonds. The van der Waals surface area contributed by atoms with Gasteiger partial charge in [0.15, 0.2) is 0 Å². The van der Waals surface area contributed by atoms with Crippen LogP contribution in [0.15, 0.2) is 0 Å². The lowest BCUT2D eigenvalue weighted by Gasteiger charge is -2.21. The first-order valence-corrected chi connectivity index (χ1v) is 8.83. The minimum atomic E-state index is -5.97. The Hall–Kier alpha value is -1.33. The summed E-state index contributed by atoms with van der Waals surface area (Å²) in [5.41, 5.74) is 0. The summed E-state index contributed by atoms with van der Waals surface area (Å²) in [7, 11) is -5.97. The smallest absolute Gasteiger partial charge is 0.463 e. The maximum atomic E-state index is 12.9. The molecule has 0 radical (unpaired) electrons. The Kier molecular flexibility index (Phi) is 5.45. The van der Waals surface area contributed by atoms with Crippen LogP contribution in [0, 0.1) is 17.8 Å². The van der Waals surface area contributed by atoms with E-state index in [1.807, 2.05) is 0 Å². The summed E-state index contributed by atoms with van der Waals surface area (Å²) in [6, 6.07) is 0. The highest BCUT2D eigenvalue weighted by Crippen LogP contribution is 2.48. The number of aliphatic hydroxyl groups excluding tert-OH is 1. The molecule has 0 aromatic rings. The molecule has 0 heterocycles. The second kappa shape index (κ2) is 6.89. The number of halogens is 2. The second-order valence-electron chi connectivity index (χ2n) is 6.16. The lowest BCUT2D eigenvalue weighted by molar-refractivity contribution is -0.167. The highest BCUT2D eigenvalue weighted by atomic mass is 32.2. The number of hydrogen-bond donors (Lipinski definition) is 2. The van der Waals surface area contributed by atoms with Crippen molar-refractivity contribution < 1.29 is 45.9 Å². The van der Waals surface area contributed by atoms with E-state index < -0.39 is 46.6 Å². The van der Waals surface area contributed by atoms with Gasteiger partial charge >= 0.3 is 27.3 Å². The monoisotopic (exact) mass is 372 g/mol. The summed E-state index contributed by atoms with van der Waals surface area (Å²) in [4.78, 5) is 22.8. The molecule has 4 atom stereocenters. The Morgan fingerprint density at radius 3 is 2.29 bits per heavy atom. The van der Waals surface area contributed by atoms with Gasteiger partial charge in [-0.1, -0.05) is 6.42 Å². The Labute approximate surface area is 136 Å². The van der Waals surface area contributed by atoms with Gasteiger partial charge in [0.1, 0.15) is 19.3 Å². The van der Waals surface area contributed by atoms with Gasteiger partial charge in [-0.05, 0) is 31.1 Å². The second-order valence-corrected chi connectivity index (χ2v) is 7.62. The third kappa shape index (κ3) is 4.01. The fraction of sp³-hybridized carbons (Fsp3) is 0.846. The van der Waals surface area contributed by atoms with Crippen molar-refractivity contribution in [3.05, 3.63) is 0 Å². The number of esters is 2. The van der Waals surface area contributed by atoms with Crippen molar-refractivity contribution in [1.29, 1.82) is 0 Å². The highest BCUT2D eigenvalue weighted by molar-refractivity contribution is 7.87. The zero-order chi connectivity index (χ0) is 18.1. The van der Waals surface area contributed by atoms with E-state index in [1.165, 1.54) is 0 Å². The van der Waals surface area contributed by atoms with E-state index in [0.29, 0.717) is 5.92 Å². The maximum absolute atomic E-state index is 12.9. The molecule has 2 aliphatic carbocycles. The number of ether oxygens (including phenoxy) is 2. The van der Waals surface area contributed by atoms with Crippen molar-refractivity contribution in [2.45, 2.75) is 37.0 Å². The van der Waals surface area contributed by atoms with Crippen LogP contribution < -0.4 is 0 Å². The van der Waals surface area contributed by atoms with Crippen LogP contribution in [-0.4, -0.2) is 54.6 Å². The Balaban J connectivity index is 1.73. The molecule has 2 rings (SSSR count). The average Bonchev–Trinajstić information content (AvgIpc) is 3.11. The standard InChI is InChI=1S/C13H18F2O8S/c14-13(15,24(19,20)21)12(18)23-6-9(16)5-22-11(17)10-4-7-1-2-8(10)3-7/h7-10,16H,1-6H2,(H,19,20,21). The minimum Gasteiger partial charge on any atom is -0.463 e. The molecule has 0 saturated heterocycles. The zero-order valence-electron chi connectivity index (χ0n) is 12.6. The van der Waals surface area contributed by atoms with Crippen LogP contribution >= 0.6 is 0 Å². The summed E-state index contributed by atoms with van der Waals surface area (Å²) in [6.07, 6.45) is 2.16. The molecular weight excluding hydrogens is 354 g/mol. The number of carbonyl (C=O) groups is 2. The molecule has 2 aliphatic rings. The molecule has 0 spiro atoms. The summed E-state index contributed by atoms with van der Waals surface area (Å²) in [5, 5.41) is 4.35.